The molecule has 1 atom stereocenters. The summed E-state index contributed by atoms with van der Waals surface area (Å²) in [5, 5.41) is 13.0. The van der Waals surface area contributed by atoms with E-state index in [4.69, 9.17) is 9.47 Å². The molecule has 1 saturated carbocycles. The molecule has 0 radical (unpaired) electrons. The van der Waals surface area contributed by atoms with E-state index in [1.54, 1.807) is 14.2 Å². The molecule has 5 rings (SSSR count). The number of hydrogen-bond donors (Lipinski definition) is 0. The lowest BCUT2D eigenvalue weighted by Crippen LogP contribution is -2.52. The van der Waals surface area contributed by atoms with E-state index in [-0.39, 0.29) is 6.04 Å². The maximum atomic E-state index is 5.41. The molecule has 0 bridgehead atoms. The topological polar surface area (TPSA) is 68.5 Å². The first-order valence-electron chi connectivity index (χ1n) is 12.8. The van der Waals surface area contributed by atoms with Crippen LogP contribution in [0, 0.1) is 0 Å². The Bertz CT molecular complexity index is 1050. The first kappa shape index (κ1) is 23.8. The predicted molar refractivity (Wildman–Crippen MR) is 135 cm³/mol. The van der Waals surface area contributed by atoms with Crippen molar-refractivity contribution in [1.82, 2.24) is 30.0 Å². The summed E-state index contributed by atoms with van der Waals surface area (Å²) in [6.45, 7) is 4.81. The predicted octanol–water partition coefficient (Wildman–Crippen LogP) is 3.78. The Morgan fingerprint density at radius 1 is 0.829 bits per heavy atom. The van der Waals surface area contributed by atoms with Gasteiger partial charge in [0.25, 0.3) is 0 Å². The minimum atomic E-state index is -0.0114. The van der Waals surface area contributed by atoms with Gasteiger partial charge >= 0.3 is 0 Å². The Morgan fingerprint density at radius 3 is 2.09 bits per heavy atom. The largest absolute Gasteiger partial charge is 0.497 e. The molecule has 0 amide bonds. The van der Waals surface area contributed by atoms with Gasteiger partial charge in [-0.3, -0.25) is 9.80 Å². The average molecular weight is 477 g/mol. The van der Waals surface area contributed by atoms with Crippen molar-refractivity contribution in [2.75, 3.05) is 40.4 Å². The summed E-state index contributed by atoms with van der Waals surface area (Å²) < 4.78 is 12.7. The molecule has 2 aliphatic rings. The van der Waals surface area contributed by atoms with E-state index in [0.29, 0.717) is 6.54 Å². The van der Waals surface area contributed by atoms with Crippen LogP contribution in [-0.4, -0.2) is 76.4 Å². The normalized spacial score (nSPS) is 18.9. The third kappa shape index (κ3) is 5.49. The maximum Gasteiger partial charge on any atom is 0.173 e. The van der Waals surface area contributed by atoms with Crippen molar-refractivity contribution >= 4 is 0 Å². The van der Waals surface area contributed by atoms with Gasteiger partial charge < -0.3 is 9.47 Å². The SMILES string of the molecule is COc1ccc(Cn2nnnc2[C@@H](c2ccc(OC)cc2)N2CCN(C3CCCCC3)CC2)cc1. The number of methoxy groups -OCH3 is 2. The summed E-state index contributed by atoms with van der Waals surface area (Å²) >= 11 is 0. The number of rotatable bonds is 8. The minimum Gasteiger partial charge on any atom is -0.497 e. The van der Waals surface area contributed by atoms with E-state index in [1.807, 2.05) is 28.9 Å². The van der Waals surface area contributed by atoms with Gasteiger partial charge in [-0.1, -0.05) is 43.5 Å². The Labute approximate surface area is 207 Å². The summed E-state index contributed by atoms with van der Waals surface area (Å²) in [6.07, 6.45) is 6.84. The Morgan fingerprint density at radius 2 is 1.46 bits per heavy atom. The highest BCUT2D eigenvalue weighted by atomic mass is 16.5. The van der Waals surface area contributed by atoms with Gasteiger partial charge in [0, 0.05) is 32.2 Å². The fraction of sp³-hybridized carbons (Fsp3) is 0.519. The second-order valence-corrected chi connectivity index (χ2v) is 9.58. The Hall–Kier alpha value is -2.97. The summed E-state index contributed by atoms with van der Waals surface area (Å²) in [4.78, 5) is 5.25. The fourth-order valence-corrected chi connectivity index (χ4v) is 5.54. The molecular formula is C27H36N6O2. The Kier molecular flexibility index (Phi) is 7.59. The van der Waals surface area contributed by atoms with E-state index in [1.165, 1.54) is 37.7 Å². The van der Waals surface area contributed by atoms with Crippen LogP contribution in [0.3, 0.4) is 0 Å². The monoisotopic (exact) mass is 476 g/mol. The van der Waals surface area contributed by atoms with Crippen molar-refractivity contribution in [3.63, 3.8) is 0 Å². The molecule has 35 heavy (non-hydrogen) atoms. The van der Waals surface area contributed by atoms with Crippen LogP contribution in [0.25, 0.3) is 0 Å². The van der Waals surface area contributed by atoms with E-state index < -0.39 is 0 Å². The van der Waals surface area contributed by atoms with Crippen LogP contribution in [0.1, 0.15) is 55.1 Å². The van der Waals surface area contributed by atoms with Crippen LogP contribution in [0.15, 0.2) is 48.5 Å². The highest BCUT2D eigenvalue weighted by molar-refractivity contribution is 5.32. The van der Waals surface area contributed by atoms with Crippen LogP contribution in [-0.2, 0) is 6.54 Å². The number of nitrogens with zero attached hydrogens (tertiary/aromatic N) is 6. The van der Waals surface area contributed by atoms with Gasteiger partial charge in [-0.2, -0.15) is 0 Å². The van der Waals surface area contributed by atoms with Crippen LogP contribution >= 0.6 is 0 Å². The molecule has 0 unspecified atom stereocenters. The van der Waals surface area contributed by atoms with E-state index in [2.05, 4.69) is 49.6 Å². The van der Waals surface area contributed by atoms with Crippen molar-refractivity contribution in [2.45, 2.75) is 50.7 Å². The lowest BCUT2D eigenvalue weighted by Gasteiger charge is -2.43. The molecule has 186 valence electrons. The molecule has 1 saturated heterocycles. The molecule has 0 N–H and O–H groups in total. The average Bonchev–Trinajstić information content (AvgIpc) is 3.38. The highest BCUT2D eigenvalue weighted by Crippen LogP contribution is 2.31. The van der Waals surface area contributed by atoms with Crippen molar-refractivity contribution in [2.24, 2.45) is 0 Å². The van der Waals surface area contributed by atoms with Crippen molar-refractivity contribution in [3.05, 3.63) is 65.5 Å². The zero-order valence-corrected chi connectivity index (χ0v) is 20.8. The van der Waals surface area contributed by atoms with E-state index in [9.17, 15) is 0 Å². The summed E-state index contributed by atoms with van der Waals surface area (Å²) in [5.41, 5.74) is 2.32. The first-order chi connectivity index (χ1) is 17.2. The summed E-state index contributed by atoms with van der Waals surface area (Å²) in [6, 6.07) is 17.2. The minimum absolute atomic E-state index is 0.0114. The maximum absolute atomic E-state index is 5.41. The lowest BCUT2D eigenvalue weighted by atomic mass is 9.93. The van der Waals surface area contributed by atoms with Gasteiger partial charge in [-0.05, 0) is 58.7 Å². The summed E-state index contributed by atoms with van der Waals surface area (Å²) in [7, 11) is 3.38. The summed E-state index contributed by atoms with van der Waals surface area (Å²) in [5.74, 6) is 2.57. The first-order valence-corrected chi connectivity index (χ1v) is 12.8. The third-order valence-corrected chi connectivity index (χ3v) is 7.53. The molecule has 2 heterocycles. The smallest absolute Gasteiger partial charge is 0.173 e. The van der Waals surface area contributed by atoms with Crippen LogP contribution < -0.4 is 9.47 Å². The molecule has 2 fully saturated rings. The Balaban J connectivity index is 1.39. The van der Waals surface area contributed by atoms with Crippen LogP contribution in [0.5, 0.6) is 11.5 Å². The zero-order valence-electron chi connectivity index (χ0n) is 20.8. The van der Waals surface area contributed by atoms with Gasteiger partial charge in [-0.25, -0.2) is 4.68 Å². The van der Waals surface area contributed by atoms with Crippen molar-refractivity contribution < 1.29 is 9.47 Å². The number of aromatic nitrogens is 4. The van der Waals surface area contributed by atoms with E-state index >= 15 is 0 Å². The van der Waals surface area contributed by atoms with Crippen LogP contribution in [0.2, 0.25) is 0 Å². The molecule has 8 nitrogen and oxygen atoms in total. The van der Waals surface area contributed by atoms with Crippen molar-refractivity contribution in [1.29, 1.82) is 0 Å². The molecule has 2 aromatic carbocycles. The van der Waals surface area contributed by atoms with Gasteiger partial charge in [0.05, 0.1) is 26.8 Å². The number of ether oxygens (including phenoxy) is 2. The third-order valence-electron chi connectivity index (χ3n) is 7.53. The fourth-order valence-electron chi connectivity index (χ4n) is 5.54. The number of tetrazole rings is 1. The second-order valence-electron chi connectivity index (χ2n) is 9.58. The standard InChI is InChI=1S/C27H36N6O2/c1-34-24-12-8-21(9-13-24)20-33-27(28-29-30-33)26(22-10-14-25(35-2)15-11-22)32-18-16-31(17-19-32)23-6-4-3-5-7-23/h8-15,23,26H,3-7,16-20H2,1-2H3/t26-/m1/s1. The quantitative estimate of drug-likeness (QED) is 0.490. The number of hydrogen-bond acceptors (Lipinski definition) is 7. The van der Waals surface area contributed by atoms with Crippen molar-refractivity contribution in [3.8, 4) is 11.5 Å². The molecule has 8 heteroatoms. The molecule has 1 aliphatic heterocycles. The number of piperazine rings is 1. The highest BCUT2D eigenvalue weighted by Gasteiger charge is 2.32. The molecule has 1 aromatic heterocycles. The molecule has 3 aromatic rings. The van der Waals surface area contributed by atoms with Gasteiger partial charge in [0.15, 0.2) is 5.82 Å². The molecule has 1 aliphatic carbocycles. The number of benzene rings is 2. The van der Waals surface area contributed by atoms with Gasteiger partial charge in [-0.15, -0.1) is 5.10 Å². The lowest BCUT2D eigenvalue weighted by molar-refractivity contribution is 0.0620. The van der Waals surface area contributed by atoms with Gasteiger partial charge in [0.2, 0.25) is 0 Å². The second kappa shape index (κ2) is 11.2. The van der Waals surface area contributed by atoms with E-state index in [0.717, 1.165) is 55.1 Å². The van der Waals surface area contributed by atoms with Crippen LogP contribution in [0.4, 0.5) is 0 Å². The molecule has 0 spiro atoms. The molecular weight excluding hydrogens is 440 g/mol. The van der Waals surface area contributed by atoms with Gasteiger partial charge in [0.1, 0.15) is 11.5 Å². The zero-order chi connectivity index (χ0) is 24.0.